The monoisotopic (exact) mass is 368 g/mol. The summed E-state index contributed by atoms with van der Waals surface area (Å²) in [6.07, 6.45) is 0. The van der Waals surface area contributed by atoms with Gasteiger partial charge in [-0.25, -0.2) is 0 Å². The quantitative estimate of drug-likeness (QED) is 0.326. The van der Waals surface area contributed by atoms with Crippen LogP contribution < -0.4 is 0 Å². The van der Waals surface area contributed by atoms with E-state index in [1.54, 1.807) is 0 Å². The van der Waals surface area contributed by atoms with E-state index in [1.807, 2.05) is 13.8 Å². The Balaban J connectivity index is -0.0000000731. The van der Waals surface area contributed by atoms with E-state index >= 15 is 0 Å². The van der Waals surface area contributed by atoms with Crippen LogP contribution in [0.15, 0.2) is 0 Å². The van der Waals surface area contributed by atoms with Crippen molar-refractivity contribution < 1.29 is 10.2 Å². The maximum absolute atomic E-state index is 7.79. The second-order valence-electron chi connectivity index (χ2n) is 3.10. The van der Waals surface area contributed by atoms with Crippen molar-refractivity contribution in [1.82, 2.24) is 0 Å². The molecule has 2 N–H and O–H groups in total. The van der Waals surface area contributed by atoms with Crippen molar-refractivity contribution in [2.45, 2.75) is 38.2 Å². The first kappa shape index (κ1) is 27.5. The highest BCUT2D eigenvalue weighted by Crippen LogP contribution is 1.92. The van der Waals surface area contributed by atoms with Gasteiger partial charge in [-0.05, 0) is 24.4 Å². The van der Waals surface area contributed by atoms with Crippen molar-refractivity contribution in [2.24, 2.45) is 0 Å². The van der Waals surface area contributed by atoms with Gasteiger partial charge < -0.3 is 10.2 Å². The Morgan fingerprint density at radius 2 is 0.944 bits per heavy atom. The molecule has 0 aromatic carbocycles. The largest absolute Gasteiger partial charge is 0.502 e. The van der Waals surface area contributed by atoms with Crippen molar-refractivity contribution >= 4 is 85.1 Å². The van der Waals surface area contributed by atoms with Crippen LogP contribution >= 0.6 is 75.0 Å². The minimum atomic E-state index is 0.000000000000000222. The summed E-state index contributed by atoms with van der Waals surface area (Å²) < 4.78 is 0. The van der Waals surface area contributed by atoms with E-state index < -0.39 is 0 Å². The lowest BCUT2D eigenvalue weighted by atomic mass is 10.6. The van der Waals surface area contributed by atoms with Crippen LogP contribution in [0.1, 0.15) is 27.7 Å². The van der Waals surface area contributed by atoms with Gasteiger partial charge in [0.15, 0.2) is 10.1 Å². The van der Waals surface area contributed by atoms with Crippen LogP contribution in [0.4, 0.5) is 0 Å². The van der Waals surface area contributed by atoms with E-state index in [9.17, 15) is 0 Å². The van der Waals surface area contributed by atoms with Gasteiger partial charge in [-0.15, -0.1) is 0 Å². The molecule has 18 heavy (non-hydrogen) atoms. The SMILES string of the molecule is CC(O)=S.CC(O)=S.CC(S)CS.CC(S)CS. The van der Waals surface area contributed by atoms with Crippen LogP contribution in [0.3, 0.4) is 0 Å². The minimum absolute atomic E-state index is 0.000000000000000222. The van der Waals surface area contributed by atoms with Gasteiger partial charge in [0.2, 0.25) is 0 Å². The molecule has 0 amide bonds. The first-order valence-corrected chi connectivity index (χ1v) is 8.09. The Labute approximate surface area is 144 Å². The maximum Gasteiger partial charge on any atom is 0.153 e. The summed E-state index contributed by atoms with van der Waals surface area (Å²) in [5.74, 6) is 1.73. The van der Waals surface area contributed by atoms with E-state index in [2.05, 4.69) is 75.0 Å². The summed E-state index contributed by atoms with van der Waals surface area (Å²) >= 11 is 24.1. The third kappa shape index (κ3) is 168. The van der Waals surface area contributed by atoms with Crippen LogP contribution in [0.2, 0.25) is 0 Å². The van der Waals surface area contributed by atoms with Crippen LogP contribution in [0, 0.1) is 0 Å². The molecule has 112 valence electrons. The lowest BCUT2D eigenvalue weighted by molar-refractivity contribution is 0.564. The molecule has 2 atom stereocenters. The normalized spacial score (nSPS) is 11.1. The first-order chi connectivity index (χ1) is 8.00. The average molecular weight is 369 g/mol. The van der Waals surface area contributed by atoms with Crippen molar-refractivity contribution in [2.75, 3.05) is 11.5 Å². The summed E-state index contributed by atoms with van der Waals surface area (Å²) in [5.41, 5.74) is 0. The average Bonchev–Trinajstić information content (AvgIpc) is 2.16. The van der Waals surface area contributed by atoms with Gasteiger partial charge in [-0.1, -0.05) is 13.8 Å². The number of hydrogen-bond acceptors (Lipinski definition) is 6. The molecular formula is C10H24O2S6. The third-order valence-electron chi connectivity index (χ3n) is 0.528. The summed E-state index contributed by atoms with van der Waals surface area (Å²) in [5, 5.41) is 16.5. The number of aliphatic hydroxyl groups excluding tert-OH is 2. The molecule has 0 heterocycles. The molecule has 0 saturated heterocycles. The van der Waals surface area contributed by atoms with E-state index in [1.165, 1.54) is 13.8 Å². The van der Waals surface area contributed by atoms with E-state index in [0.717, 1.165) is 11.5 Å². The summed E-state index contributed by atoms with van der Waals surface area (Å²) in [6.45, 7) is 6.93. The zero-order valence-corrected chi connectivity index (χ0v) is 16.3. The van der Waals surface area contributed by atoms with Gasteiger partial charge >= 0.3 is 0 Å². The Morgan fingerprint density at radius 1 is 0.889 bits per heavy atom. The van der Waals surface area contributed by atoms with Crippen molar-refractivity contribution in [3.63, 3.8) is 0 Å². The van der Waals surface area contributed by atoms with E-state index in [0.29, 0.717) is 10.5 Å². The van der Waals surface area contributed by atoms with Gasteiger partial charge in [0.05, 0.1) is 0 Å². The minimum Gasteiger partial charge on any atom is -0.502 e. The fourth-order valence-electron chi connectivity index (χ4n) is 0. The highest BCUT2D eigenvalue weighted by molar-refractivity contribution is 7.85. The Hall–Kier alpha value is 1.18. The van der Waals surface area contributed by atoms with Crippen molar-refractivity contribution in [1.29, 1.82) is 0 Å². The number of hydrogen-bond donors (Lipinski definition) is 6. The van der Waals surface area contributed by atoms with Gasteiger partial charge in [0, 0.05) is 35.9 Å². The maximum atomic E-state index is 7.79. The molecular weight excluding hydrogens is 345 g/mol. The molecule has 0 fully saturated rings. The fourth-order valence-corrected chi connectivity index (χ4v) is 0. The number of rotatable bonds is 2. The van der Waals surface area contributed by atoms with Gasteiger partial charge in [0.25, 0.3) is 0 Å². The molecule has 0 aliphatic rings. The molecule has 2 nitrogen and oxygen atoms in total. The highest BCUT2D eigenvalue weighted by atomic mass is 32.1. The van der Waals surface area contributed by atoms with Crippen molar-refractivity contribution in [3.8, 4) is 0 Å². The Bertz CT molecular complexity index is 157. The topological polar surface area (TPSA) is 40.5 Å². The molecule has 0 aromatic heterocycles. The van der Waals surface area contributed by atoms with E-state index in [-0.39, 0.29) is 10.1 Å². The zero-order valence-electron chi connectivity index (χ0n) is 11.1. The molecule has 0 bridgehead atoms. The van der Waals surface area contributed by atoms with Gasteiger partial charge in [0.1, 0.15) is 0 Å². The number of thiol groups is 4. The predicted molar refractivity (Wildman–Crippen MR) is 106 cm³/mol. The van der Waals surface area contributed by atoms with Gasteiger partial charge in [-0.2, -0.15) is 50.5 Å². The third-order valence-corrected chi connectivity index (χ3v) is 2.57. The molecule has 0 aliphatic carbocycles. The summed E-state index contributed by atoms with van der Waals surface area (Å²) in [4.78, 5) is 0. The molecule has 0 aliphatic heterocycles. The zero-order chi connectivity index (χ0) is 15.7. The number of thiocarbonyl (C=S) groups is 2. The van der Waals surface area contributed by atoms with Crippen LogP contribution in [0.5, 0.6) is 0 Å². The molecule has 0 radical (unpaired) electrons. The van der Waals surface area contributed by atoms with Crippen LogP contribution in [-0.4, -0.2) is 42.3 Å². The Kier molecular flexibility index (Phi) is 35.6. The van der Waals surface area contributed by atoms with Crippen molar-refractivity contribution in [3.05, 3.63) is 0 Å². The first-order valence-electron chi connectivity index (χ1n) is 4.98. The van der Waals surface area contributed by atoms with Crippen LogP contribution in [0.25, 0.3) is 0 Å². The standard InChI is InChI=1S/2C3H8S2.2C2H4OS/c2*1-3(5)2-4;2*1-2(3)4/h2*3-5H,2H2,1H3;2*1H3,(H,3,4). The summed E-state index contributed by atoms with van der Waals surface area (Å²) in [6, 6.07) is 0. The highest BCUT2D eigenvalue weighted by Gasteiger charge is 1.82. The Morgan fingerprint density at radius 3 is 0.944 bits per heavy atom. The summed E-state index contributed by atoms with van der Waals surface area (Å²) in [7, 11) is 0. The second-order valence-corrected chi connectivity index (χ2v) is 6.78. The number of aliphatic hydroxyl groups is 2. The van der Waals surface area contributed by atoms with Crippen LogP contribution in [-0.2, 0) is 0 Å². The molecule has 0 aromatic rings. The lowest BCUT2D eigenvalue weighted by Crippen LogP contribution is -1.88. The molecule has 2 unspecified atom stereocenters. The van der Waals surface area contributed by atoms with E-state index in [4.69, 9.17) is 10.2 Å². The smallest absolute Gasteiger partial charge is 0.153 e. The molecule has 0 saturated carbocycles. The molecule has 0 rings (SSSR count). The molecule has 0 spiro atoms. The lowest BCUT2D eigenvalue weighted by Gasteiger charge is -1.89. The van der Waals surface area contributed by atoms with Gasteiger partial charge in [-0.3, -0.25) is 0 Å². The fraction of sp³-hybridized carbons (Fsp3) is 0.800. The second kappa shape index (κ2) is 23.3. The predicted octanol–water partition coefficient (Wildman–Crippen LogP) is 4.25. The molecule has 8 heteroatoms.